The molecule has 0 atom stereocenters. The molecule has 0 bridgehead atoms. The maximum Gasteiger partial charge on any atom is 0.339 e. The number of rotatable bonds is 6. The molecule has 1 heterocycles. The second kappa shape index (κ2) is 7.65. The van der Waals surface area contributed by atoms with Crippen LogP contribution in [0.1, 0.15) is 44.6 Å². The van der Waals surface area contributed by atoms with Crippen LogP contribution in [0.15, 0.2) is 24.3 Å². The van der Waals surface area contributed by atoms with Crippen molar-refractivity contribution in [3.05, 3.63) is 52.3 Å². The maximum absolute atomic E-state index is 12.5. The molecular formula is C18H21N3O4. The van der Waals surface area contributed by atoms with Crippen molar-refractivity contribution < 1.29 is 19.1 Å². The van der Waals surface area contributed by atoms with Crippen LogP contribution in [-0.4, -0.2) is 29.9 Å². The van der Waals surface area contributed by atoms with Crippen LogP contribution in [0.2, 0.25) is 0 Å². The highest BCUT2D eigenvalue weighted by molar-refractivity contribution is 6.06. The first-order valence-corrected chi connectivity index (χ1v) is 7.85. The van der Waals surface area contributed by atoms with E-state index in [1.807, 2.05) is 6.92 Å². The molecule has 1 aromatic carbocycles. The number of amides is 2. The zero-order chi connectivity index (χ0) is 18.6. The van der Waals surface area contributed by atoms with Crippen LogP contribution in [0.3, 0.4) is 0 Å². The molecule has 0 aliphatic rings. The number of aromatic amines is 1. The van der Waals surface area contributed by atoms with E-state index < -0.39 is 11.9 Å². The number of hydrogen-bond donors (Lipinski definition) is 3. The summed E-state index contributed by atoms with van der Waals surface area (Å²) in [5, 5.41) is 2.76. The molecule has 0 saturated heterocycles. The Kier molecular flexibility index (Phi) is 5.59. The summed E-state index contributed by atoms with van der Waals surface area (Å²) in [5.74, 6) is -1.24. The Morgan fingerprint density at radius 2 is 1.84 bits per heavy atom. The number of anilines is 1. The molecule has 0 aliphatic carbocycles. The van der Waals surface area contributed by atoms with Gasteiger partial charge in [-0.15, -0.1) is 0 Å². The molecule has 7 nitrogen and oxygen atoms in total. The van der Waals surface area contributed by atoms with Crippen LogP contribution < -0.4 is 11.1 Å². The monoisotopic (exact) mass is 343 g/mol. The van der Waals surface area contributed by atoms with Crippen LogP contribution in [-0.2, 0) is 22.4 Å². The molecule has 0 unspecified atom stereocenters. The zero-order valence-corrected chi connectivity index (χ0v) is 14.4. The van der Waals surface area contributed by atoms with Crippen molar-refractivity contribution in [1.29, 1.82) is 0 Å². The predicted molar refractivity (Wildman–Crippen MR) is 93.5 cm³/mol. The van der Waals surface area contributed by atoms with Crippen LogP contribution in [0.25, 0.3) is 0 Å². The molecule has 2 aromatic rings. The smallest absolute Gasteiger partial charge is 0.339 e. The fourth-order valence-corrected chi connectivity index (χ4v) is 2.63. The minimum atomic E-state index is -0.472. The highest BCUT2D eigenvalue weighted by Crippen LogP contribution is 2.21. The largest absolute Gasteiger partial charge is 0.465 e. The molecule has 0 fully saturated rings. The molecule has 1 aromatic heterocycles. The Hall–Kier alpha value is -3.09. The fraction of sp³-hybridized carbons (Fsp3) is 0.278. The molecular weight excluding hydrogens is 322 g/mol. The second-order valence-corrected chi connectivity index (χ2v) is 5.62. The summed E-state index contributed by atoms with van der Waals surface area (Å²) in [6.07, 6.45) is 0.715. The number of aryl methyl sites for hydroxylation is 1. The van der Waals surface area contributed by atoms with E-state index in [1.165, 1.54) is 7.11 Å². The van der Waals surface area contributed by atoms with Crippen molar-refractivity contribution in [1.82, 2.24) is 4.98 Å². The van der Waals surface area contributed by atoms with Gasteiger partial charge in [-0.3, -0.25) is 9.59 Å². The van der Waals surface area contributed by atoms with Gasteiger partial charge in [0.25, 0.3) is 5.91 Å². The lowest BCUT2D eigenvalue weighted by Gasteiger charge is -2.06. The number of carbonyl (C=O) groups is 3. The molecule has 0 radical (unpaired) electrons. The second-order valence-electron chi connectivity index (χ2n) is 5.62. The molecule has 0 saturated carbocycles. The molecule has 4 N–H and O–H groups in total. The van der Waals surface area contributed by atoms with Crippen LogP contribution in [0.5, 0.6) is 0 Å². The summed E-state index contributed by atoms with van der Waals surface area (Å²) in [6, 6.07) is 6.82. The number of carbonyl (C=O) groups excluding carboxylic acids is 3. The van der Waals surface area contributed by atoms with E-state index in [0.29, 0.717) is 34.6 Å². The van der Waals surface area contributed by atoms with E-state index in [2.05, 4.69) is 10.3 Å². The van der Waals surface area contributed by atoms with Gasteiger partial charge in [0, 0.05) is 11.4 Å². The average molecular weight is 343 g/mol. The number of primary amides is 1. The number of hydrogen-bond acceptors (Lipinski definition) is 4. The summed E-state index contributed by atoms with van der Waals surface area (Å²) < 4.78 is 4.79. The molecule has 132 valence electrons. The third-order valence-corrected chi connectivity index (χ3v) is 3.89. The number of esters is 1. The number of H-pyrrole nitrogens is 1. The number of ether oxygens (including phenoxy) is 1. The van der Waals surface area contributed by atoms with Crippen molar-refractivity contribution in [3.63, 3.8) is 0 Å². The molecule has 2 rings (SSSR count). The minimum absolute atomic E-state index is 0.145. The average Bonchev–Trinajstić information content (AvgIpc) is 2.92. The standard InChI is InChI=1S/C18H21N3O4/c1-4-13-15(18(24)25-3)10(2)16(21-13)17(23)20-12-7-5-11(6-8-12)9-14(19)22/h5-8,21H,4,9H2,1-3H3,(H2,19,22)(H,20,23). The summed E-state index contributed by atoms with van der Waals surface area (Å²) in [7, 11) is 1.31. The maximum atomic E-state index is 12.5. The third kappa shape index (κ3) is 4.06. The van der Waals surface area contributed by atoms with Gasteiger partial charge in [-0.1, -0.05) is 19.1 Å². The highest BCUT2D eigenvalue weighted by Gasteiger charge is 2.23. The summed E-state index contributed by atoms with van der Waals surface area (Å²) in [5.41, 5.74) is 8.41. The van der Waals surface area contributed by atoms with Gasteiger partial charge in [-0.05, 0) is 36.6 Å². The lowest BCUT2D eigenvalue weighted by Crippen LogP contribution is -2.15. The Balaban J connectivity index is 2.22. The van der Waals surface area contributed by atoms with Crippen molar-refractivity contribution >= 4 is 23.5 Å². The van der Waals surface area contributed by atoms with Crippen LogP contribution in [0, 0.1) is 6.92 Å². The number of methoxy groups -OCH3 is 1. The first-order chi connectivity index (χ1) is 11.9. The first kappa shape index (κ1) is 18.3. The number of nitrogens with one attached hydrogen (secondary N) is 2. The van der Waals surface area contributed by atoms with E-state index in [0.717, 1.165) is 5.56 Å². The van der Waals surface area contributed by atoms with Gasteiger partial charge in [-0.2, -0.15) is 0 Å². The van der Waals surface area contributed by atoms with Gasteiger partial charge in [0.15, 0.2) is 0 Å². The van der Waals surface area contributed by atoms with E-state index in [9.17, 15) is 14.4 Å². The van der Waals surface area contributed by atoms with Gasteiger partial charge in [-0.25, -0.2) is 4.79 Å². The lowest BCUT2D eigenvalue weighted by atomic mass is 10.1. The van der Waals surface area contributed by atoms with Crippen molar-refractivity contribution in [2.45, 2.75) is 26.7 Å². The van der Waals surface area contributed by atoms with Gasteiger partial charge in [0.05, 0.1) is 19.1 Å². The Bertz CT molecular complexity index is 806. The number of nitrogens with two attached hydrogens (primary N) is 1. The van der Waals surface area contributed by atoms with Crippen molar-refractivity contribution in [3.8, 4) is 0 Å². The van der Waals surface area contributed by atoms with Crippen molar-refractivity contribution in [2.24, 2.45) is 5.73 Å². The molecule has 2 amide bonds. The minimum Gasteiger partial charge on any atom is -0.465 e. The Labute approximate surface area is 145 Å². The van der Waals surface area contributed by atoms with Gasteiger partial charge in [0.2, 0.25) is 5.91 Å². The van der Waals surface area contributed by atoms with E-state index in [1.54, 1.807) is 31.2 Å². The van der Waals surface area contributed by atoms with E-state index in [-0.39, 0.29) is 12.3 Å². The quantitative estimate of drug-likeness (QED) is 0.695. The van der Waals surface area contributed by atoms with Gasteiger partial charge in [0.1, 0.15) is 5.69 Å². The number of benzene rings is 1. The topological polar surface area (TPSA) is 114 Å². The molecule has 25 heavy (non-hydrogen) atoms. The van der Waals surface area contributed by atoms with E-state index >= 15 is 0 Å². The lowest BCUT2D eigenvalue weighted by molar-refractivity contribution is -0.117. The fourth-order valence-electron chi connectivity index (χ4n) is 2.63. The molecule has 0 spiro atoms. The van der Waals surface area contributed by atoms with Crippen LogP contribution >= 0.6 is 0 Å². The predicted octanol–water partition coefficient (Wildman–Crippen LogP) is 1.95. The zero-order valence-electron chi connectivity index (χ0n) is 14.4. The summed E-state index contributed by atoms with van der Waals surface area (Å²) in [4.78, 5) is 38.3. The summed E-state index contributed by atoms with van der Waals surface area (Å²) in [6.45, 7) is 3.59. The van der Waals surface area contributed by atoms with Gasteiger partial charge >= 0.3 is 5.97 Å². The SMILES string of the molecule is CCc1[nH]c(C(=O)Nc2ccc(CC(N)=O)cc2)c(C)c1C(=O)OC. The third-order valence-electron chi connectivity index (χ3n) is 3.89. The van der Waals surface area contributed by atoms with Gasteiger partial charge < -0.3 is 20.8 Å². The van der Waals surface area contributed by atoms with E-state index in [4.69, 9.17) is 10.5 Å². The Morgan fingerprint density at radius 1 is 1.20 bits per heavy atom. The normalized spacial score (nSPS) is 10.4. The highest BCUT2D eigenvalue weighted by atomic mass is 16.5. The van der Waals surface area contributed by atoms with Crippen molar-refractivity contribution in [2.75, 3.05) is 12.4 Å². The Morgan fingerprint density at radius 3 is 2.36 bits per heavy atom. The first-order valence-electron chi connectivity index (χ1n) is 7.85. The molecule has 7 heteroatoms. The molecule has 0 aliphatic heterocycles. The summed E-state index contributed by atoms with van der Waals surface area (Å²) >= 11 is 0. The van der Waals surface area contributed by atoms with Crippen LogP contribution in [0.4, 0.5) is 5.69 Å². The number of aromatic nitrogens is 1.